The number of rotatable bonds is 7. The van der Waals surface area contributed by atoms with Crippen molar-refractivity contribution in [3.63, 3.8) is 0 Å². The molecule has 0 bridgehead atoms. The van der Waals surface area contributed by atoms with Crippen molar-refractivity contribution in [2.75, 3.05) is 48.0 Å². The van der Waals surface area contributed by atoms with Crippen LogP contribution in [0.2, 0.25) is 0 Å². The van der Waals surface area contributed by atoms with Gasteiger partial charge in [0.25, 0.3) is 5.91 Å². The Bertz CT molecular complexity index is 827. The van der Waals surface area contributed by atoms with Gasteiger partial charge in [-0.05, 0) is 50.5 Å². The minimum absolute atomic E-state index is 0.0935. The lowest BCUT2D eigenvalue weighted by Gasteiger charge is -2.24. The van der Waals surface area contributed by atoms with Crippen LogP contribution in [0.3, 0.4) is 0 Å². The minimum Gasteiger partial charge on any atom is -0.372 e. The highest BCUT2D eigenvalue weighted by molar-refractivity contribution is 14.1. The van der Waals surface area contributed by atoms with Crippen LogP contribution in [0.5, 0.6) is 0 Å². The van der Waals surface area contributed by atoms with Gasteiger partial charge in [-0.15, -0.1) is 0 Å². The summed E-state index contributed by atoms with van der Waals surface area (Å²) >= 11 is 1.99. The number of benzene rings is 2. The van der Waals surface area contributed by atoms with Crippen molar-refractivity contribution in [1.82, 2.24) is 4.90 Å². The molecule has 0 unspecified atom stereocenters. The average molecular weight is 506 g/mol. The Morgan fingerprint density at radius 2 is 1.79 bits per heavy atom. The van der Waals surface area contributed by atoms with Crippen LogP contribution in [-0.4, -0.2) is 45.0 Å². The summed E-state index contributed by atoms with van der Waals surface area (Å²) in [5, 5.41) is 2.52. The van der Waals surface area contributed by atoms with Gasteiger partial charge >= 0.3 is 6.18 Å². The molecule has 2 rings (SSSR count). The number of hydrogen-bond acceptors (Lipinski definition) is 4. The SMILES string of the molecule is CN(C)CCN(C)c1ccc(C(=O)Nc2cccc(C(F)(F)F)c2)cc1NI. The molecule has 0 aliphatic carbocycles. The maximum absolute atomic E-state index is 12.8. The molecule has 0 aromatic heterocycles. The number of alkyl halides is 3. The van der Waals surface area contributed by atoms with Crippen molar-refractivity contribution in [3.8, 4) is 0 Å². The predicted molar refractivity (Wildman–Crippen MR) is 115 cm³/mol. The maximum Gasteiger partial charge on any atom is 0.416 e. The Labute approximate surface area is 176 Å². The van der Waals surface area contributed by atoms with Crippen molar-refractivity contribution in [2.45, 2.75) is 6.18 Å². The van der Waals surface area contributed by atoms with Gasteiger partial charge in [-0.2, -0.15) is 13.2 Å². The quantitative estimate of drug-likeness (QED) is 0.422. The Morgan fingerprint density at radius 1 is 1.07 bits per heavy atom. The van der Waals surface area contributed by atoms with E-state index in [0.29, 0.717) is 5.56 Å². The van der Waals surface area contributed by atoms with E-state index in [1.807, 2.05) is 50.1 Å². The molecule has 1 amide bonds. The molecule has 0 saturated heterocycles. The number of likely N-dealkylation sites (N-methyl/N-ethyl adjacent to an activating group) is 2. The first-order valence-corrected chi connectivity index (χ1v) is 9.55. The molecule has 5 nitrogen and oxygen atoms in total. The van der Waals surface area contributed by atoms with Crippen molar-refractivity contribution < 1.29 is 18.0 Å². The molecule has 9 heteroatoms. The lowest BCUT2D eigenvalue weighted by atomic mass is 10.1. The fourth-order valence-corrected chi connectivity index (χ4v) is 2.96. The number of carbonyl (C=O) groups excluding carboxylic acids is 1. The van der Waals surface area contributed by atoms with Gasteiger partial charge in [0.1, 0.15) is 0 Å². The van der Waals surface area contributed by atoms with Gasteiger partial charge in [0.2, 0.25) is 0 Å². The van der Waals surface area contributed by atoms with Gasteiger partial charge in [0, 0.05) is 31.4 Å². The molecule has 0 saturated carbocycles. The number of nitrogens with one attached hydrogen (secondary N) is 2. The van der Waals surface area contributed by atoms with Crippen molar-refractivity contribution >= 4 is 45.8 Å². The first-order valence-electron chi connectivity index (χ1n) is 8.47. The van der Waals surface area contributed by atoms with E-state index in [1.165, 1.54) is 12.1 Å². The second kappa shape index (κ2) is 9.46. The number of anilines is 3. The number of carbonyl (C=O) groups is 1. The van der Waals surface area contributed by atoms with E-state index in [4.69, 9.17) is 0 Å². The standard InChI is InChI=1S/C19H22F3IN4O/c1-26(2)9-10-27(3)17-8-7-13(11-16(17)25-23)18(28)24-15-6-4-5-14(12-15)19(20,21)22/h4-8,11-12,25H,9-10H2,1-3H3,(H,24,28). The zero-order chi connectivity index (χ0) is 20.9. The Morgan fingerprint density at radius 3 is 2.39 bits per heavy atom. The van der Waals surface area contributed by atoms with Crippen LogP contribution in [0.1, 0.15) is 15.9 Å². The molecule has 0 aliphatic heterocycles. The van der Waals surface area contributed by atoms with Gasteiger partial charge in [-0.3, -0.25) is 4.79 Å². The first kappa shape index (κ1) is 22.3. The van der Waals surface area contributed by atoms with Gasteiger partial charge in [-0.25, -0.2) is 0 Å². The molecular weight excluding hydrogens is 484 g/mol. The maximum atomic E-state index is 12.8. The molecule has 0 spiro atoms. The Balaban J connectivity index is 2.18. The highest BCUT2D eigenvalue weighted by Crippen LogP contribution is 2.31. The third-order valence-corrected chi connectivity index (χ3v) is 4.68. The predicted octanol–water partition coefficient (Wildman–Crippen LogP) is 4.72. The van der Waals surface area contributed by atoms with E-state index in [2.05, 4.69) is 18.6 Å². The summed E-state index contributed by atoms with van der Waals surface area (Å²) in [7, 11) is 5.94. The first-order chi connectivity index (χ1) is 13.1. The van der Waals surface area contributed by atoms with E-state index >= 15 is 0 Å². The molecule has 2 aromatic carbocycles. The highest BCUT2D eigenvalue weighted by atomic mass is 127. The third kappa shape index (κ3) is 5.99. The molecule has 28 heavy (non-hydrogen) atoms. The van der Waals surface area contributed by atoms with Gasteiger partial charge in [0.05, 0.1) is 39.8 Å². The molecule has 152 valence electrons. The molecule has 2 aromatic rings. The zero-order valence-corrected chi connectivity index (χ0v) is 17.9. The van der Waals surface area contributed by atoms with E-state index in [1.54, 1.807) is 12.1 Å². The summed E-state index contributed by atoms with van der Waals surface area (Å²) in [6, 6.07) is 9.72. The van der Waals surface area contributed by atoms with Crippen LogP contribution >= 0.6 is 22.9 Å². The van der Waals surface area contributed by atoms with E-state index < -0.39 is 17.6 Å². The summed E-state index contributed by atoms with van der Waals surface area (Å²) in [5.41, 5.74) is 1.31. The largest absolute Gasteiger partial charge is 0.416 e. The smallest absolute Gasteiger partial charge is 0.372 e. The number of amides is 1. The van der Waals surface area contributed by atoms with E-state index in [-0.39, 0.29) is 5.69 Å². The van der Waals surface area contributed by atoms with Crippen LogP contribution < -0.4 is 13.7 Å². The van der Waals surface area contributed by atoms with Crippen molar-refractivity contribution in [2.24, 2.45) is 0 Å². The molecular formula is C19H22F3IN4O. The number of halogens is 4. The molecule has 0 atom stereocenters. The van der Waals surface area contributed by atoms with E-state index in [0.717, 1.165) is 36.6 Å². The summed E-state index contributed by atoms with van der Waals surface area (Å²) in [6.45, 7) is 1.67. The van der Waals surface area contributed by atoms with Crippen LogP contribution in [0, 0.1) is 0 Å². The van der Waals surface area contributed by atoms with Gasteiger partial charge in [-0.1, -0.05) is 6.07 Å². The molecule has 0 fully saturated rings. The number of hydrogen-bond donors (Lipinski definition) is 2. The molecule has 0 radical (unpaired) electrons. The fourth-order valence-electron chi connectivity index (χ4n) is 2.53. The summed E-state index contributed by atoms with van der Waals surface area (Å²) in [6.07, 6.45) is -4.46. The lowest BCUT2D eigenvalue weighted by molar-refractivity contribution is -0.137. The lowest BCUT2D eigenvalue weighted by Crippen LogP contribution is -2.28. The second-order valence-electron chi connectivity index (χ2n) is 6.58. The molecule has 2 N–H and O–H groups in total. The summed E-state index contributed by atoms with van der Waals surface area (Å²) in [5.74, 6) is -0.477. The molecule has 0 aliphatic rings. The average Bonchev–Trinajstić information content (AvgIpc) is 2.65. The van der Waals surface area contributed by atoms with Gasteiger partial charge in [0.15, 0.2) is 0 Å². The van der Waals surface area contributed by atoms with Crippen LogP contribution in [-0.2, 0) is 6.18 Å². The second-order valence-corrected chi connectivity index (χ2v) is 7.12. The monoisotopic (exact) mass is 506 g/mol. The van der Waals surface area contributed by atoms with Crippen LogP contribution in [0.15, 0.2) is 42.5 Å². The van der Waals surface area contributed by atoms with Crippen LogP contribution in [0.4, 0.5) is 30.2 Å². The zero-order valence-electron chi connectivity index (χ0n) is 15.8. The summed E-state index contributed by atoms with van der Waals surface area (Å²) < 4.78 is 41.5. The topological polar surface area (TPSA) is 47.6 Å². The normalized spacial score (nSPS) is 11.4. The fraction of sp³-hybridized carbons (Fsp3) is 0.316. The third-order valence-electron chi connectivity index (χ3n) is 4.10. The summed E-state index contributed by atoms with van der Waals surface area (Å²) in [4.78, 5) is 16.6. The molecule has 0 heterocycles. The van der Waals surface area contributed by atoms with E-state index in [9.17, 15) is 18.0 Å². The number of nitrogens with zero attached hydrogens (tertiary/aromatic N) is 2. The van der Waals surface area contributed by atoms with Crippen LogP contribution in [0.25, 0.3) is 0 Å². The van der Waals surface area contributed by atoms with Crippen molar-refractivity contribution in [3.05, 3.63) is 53.6 Å². The van der Waals surface area contributed by atoms with Crippen molar-refractivity contribution in [1.29, 1.82) is 0 Å². The minimum atomic E-state index is -4.46. The van der Waals surface area contributed by atoms with Gasteiger partial charge < -0.3 is 18.6 Å². The Kier molecular flexibility index (Phi) is 7.53. The highest BCUT2D eigenvalue weighted by Gasteiger charge is 2.30. The Hall–Kier alpha value is -2.01.